The van der Waals surface area contributed by atoms with Crippen molar-refractivity contribution in [2.24, 2.45) is 0 Å². The highest BCUT2D eigenvalue weighted by atomic mass is 16.5. The molecule has 96 valence electrons. The van der Waals surface area contributed by atoms with Crippen molar-refractivity contribution in [3.05, 3.63) is 25.3 Å². The molecule has 0 spiro atoms. The Labute approximate surface area is 102 Å². The summed E-state index contributed by atoms with van der Waals surface area (Å²) in [5.74, 6) is -0.648. The highest BCUT2D eigenvalue weighted by molar-refractivity contribution is 5.66. The van der Waals surface area contributed by atoms with E-state index in [-0.39, 0.29) is 24.1 Å². The van der Waals surface area contributed by atoms with Crippen LogP contribution in [0.15, 0.2) is 25.3 Å². The van der Waals surface area contributed by atoms with Crippen LogP contribution < -0.4 is 0 Å². The Bertz CT molecular complexity index is 255. The molecule has 4 nitrogen and oxygen atoms in total. The molecule has 0 fully saturated rings. The zero-order valence-corrected chi connectivity index (χ0v) is 10.5. The lowest BCUT2D eigenvalue weighted by atomic mass is 10.1. The zero-order chi connectivity index (χ0) is 13.3. The molecule has 0 rings (SSSR count). The van der Waals surface area contributed by atoms with Crippen LogP contribution in [0.3, 0.4) is 0 Å². The summed E-state index contributed by atoms with van der Waals surface area (Å²) in [4.78, 5) is 21.5. The van der Waals surface area contributed by atoms with E-state index in [4.69, 9.17) is 9.47 Å². The summed E-state index contributed by atoms with van der Waals surface area (Å²) in [5, 5.41) is 0. The second-order valence-corrected chi connectivity index (χ2v) is 3.70. The highest BCUT2D eigenvalue weighted by Gasteiger charge is 2.11. The number of esters is 2. The molecule has 0 aromatic carbocycles. The van der Waals surface area contributed by atoms with Crippen LogP contribution in [0, 0.1) is 0 Å². The summed E-state index contributed by atoms with van der Waals surface area (Å²) >= 11 is 0. The first-order chi connectivity index (χ1) is 7.99. The molecule has 0 amide bonds. The second-order valence-electron chi connectivity index (χ2n) is 3.70. The topological polar surface area (TPSA) is 52.6 Å². The normalized spacial score (nSPS) is 13.3. The van der Waals surface area contributed by atoms with Gasteiger partial charge in [-0.15, -0.1) is 0 Å². The third kappa shape index (κ3) is 8.25. The van der Waals surface area contributed by atoms with Gasteiger partial charge in [0, 0.05) is 13.8 Å². The van der Waals surface area contributed by atoms with E-state index in [1.165, 1.54) is 13.8 Å². The predicted molar refractivity (Wildman–Crippen MR) is 65.4 cm³/mol. The van der Waals surface area contributed by atoms with Crippen LogP contribution in [-0.4, -0.2) is 24.1 Å². The molecule has 2 atom stereocenters. The molecule has 0 N–H and O–H groups in total. The first-order valence-corrected chi connectivity index (χ1v) is 5.59. The van der Waals surface area contributed by atoms with Crippen molar-refractivity contribution in [1.29, 1.82) is 0 Å². The Morgan fingerprint density at radius 1 is 1.00 bits per heavy atom. The maximum absolute atomic E-state index is 10.8. The fourth-order valence-corrected chi connectivity index (χ4v) is 1.40. The fraction of sp³-hybridized carbons (Fsp3) is 0.538. The van der Waals surface area contributed by atoms with E-state index in [1.807, 2.05) is 0 Å². The van der Waals surface area contributed by atoms with Crippen molar-refractivity contribution >= 4 is 11.9 Å². The fourth-order valence-electron chi connectivity index (χ4n) is 1.40. The minimum absolute atomic E-state index is 0.282. The van der Waals surface area contributed by atoms with Crippen LogP contribution in [0.25, 0.3) is 0 Å². The van der Waals surface area contributed by atoms with Crippen molar-refractivity contribution in [2.45, 2.75) is 45.3 Å². The van der Waals surface area contributed by atoms with Gasteiger partial charge in [-0.1, -0.05) is 25.3 Å². The molecule has 0 saturated carbocycles. The third-order valence-electron chi connectivity index (χ3n) is 2.14. The van der Waals surface area contributed by atoms with Gasteiger partial charge < -0.3 is 9.47 Å². The lowest BCUT2D eigenvalue weighted by molar-refractivity contribution is -0.144. The van der Waals surface area contributed by atoms with Gasteiger partial charge in [0.25, 0.3) is 0 Å². The van der Waals surface area contributed by atoms with Gasteiger partial charge >= 0.3 is 11.9 Å². The third-order valence-corrected chi connectivity index (χ3v) is 2.14. The number of carbonyl (C=O) groups excluding carboxylic acids is 2. The number of ether oxygens (including phenoxy) is 2. The average molecular weight is 240 g/mol. The lowest BCUT2D eigenvalue weighted by Gasteiger charge is -2.15. The van der Waals surface area contributed by atoms with Crippen LogP contribution in [0.5, 0.6) is 0 Å². The smallest absolute Gasteiger partial charge is 0.303 e. The molecule has 0 saturated heterocycles. The first-order valence-electron chi connectivity index (χ1n) is 5.59. The van der Waals surface area contributed by atoms with E-state index in [0.29, 0.717) is 12.8 Å². The van der Waals surface area contributed by atoms with Crippen LogP contribution in [0.2, 0.25) is 0 Å². The van der Waals surface area contributed by atoms with Crippen LogP contribution in [0.4, 0.5) is 0 Å². The van der Waals surface area contributed by atoms with Gasteiger partial charge in [0.1, 0.15) is 12.2 Å². The molecule has 0 aromatic rings. The Hall–Kier alpha value is -1.58. The molecular weight excluding hydrogens is 220 g/mol. The average Bonchev–Trinajstić information content (AvgIpc) is 2.25. The summed E-state index contributed by atoms with van der Waals surface area (Å²) < 4.78 is 10.0. The quantitative estimate of drug-likeness (QED) is 0.483. The van der Waals surface area contributed by atoms with Gasteiger partial charge in [0.05, 0.1) is 0 Å². The molecule has 17 heavy (non-hydrogen) atoms. The SMILES string of the molecule is C=CC(CCCC(C=C)OC(C)=O)OC(C)=O. The van der Waals surface area contributed by atoms with Crippen molar-refractivity contribution < 1.29 is 19.1 Å². The van der Waals surface area contributed by atoms with Crippen molar-refractivity contribution in [3.63, 3.8) is 0 Å². The van der Waals surface area contributed by atoms with E-state index in [1.54, 1.807) is 12.2 Å². The Morgan fingerprint density at radius 3 is 1.59 bits per heavy atom. The van der Waals surface area contributed by atoms with Crippen LogP contribution >= 0.6 is 0 Å². The molecule has 2 unspecified atom stereocenters. The van der Waals surface area contributed by atoms with E-state index in [9.17, 15) is 9.59 Å². The number of hydrogen-bond acceptors (Lipinski definition) is 4. The summed E-state index contributed by atoms with van der Waals surface area (Å²) in [6.07, 6.45) is 4.70. The van der Waals surface area contributed by atoms with E-state index in [2.05, 4.69) is 13.2 Å². The Balaban J connectivity index is 3.92. The maximum atomic E-state index is 10.8. The summed E-state index contributed by atoms with van der Waals surface area (Å²) in [6, 6.07) is 0. The molecule has 0 heterocycles. The summed E-state index contributed by atoms with van der Waals surface area (Å²) in [7, 11) is 0. The van der Waals surface area contributed by atoms with Crippen molar-refractivity contribution in [2.75, 3.05) is 0 Å². The molecule has 0 radical (unpaired) electrons. The van der Waals surface area contributed by atoms with Crippen molar-refractivity contribution in [1.82, 2.24) is 0 Å². The van der Waals surface area contributed by atoms with E-state index < -0.39 is 0 Å². The van der Waals surface area contributed by atoms with Gasteiger partial charge in [-0.25, -0.2) is 0 Å². The molecule has 0 aliphatic heterocycles. The molecule has 0 bridgehead atoms. The standard InChI is InChI=1S/C13H20O4/c1-5-12(16-10(3)14)8-7-9-13(6-2)17-11(4)15/h5-6,12-13H,1-2,7-9H2,3-4H3. The zero-order valence-electron chi connectivity index (χ0n) is 10.5. The predicted octanol–water partition coefficient (Wildman–Crippen LogP) is 2.39. The second kappa shape index (κ2) is 8.56. The van der Waals surface area contributed by atoms with Crippen LogP contribution in [-0.2, 0) is 19.1 Å². The van der Waals surface area contributed by atoms with E-state index >= 15 is 0 Å². The Kier molecular flexibility index (Phi) is 7.76. The van der Waals surface area contributed by atoms with Gasteiger partial charge in [-0.05, 0) is 19.3 Å². The highest BCUT2D eigenvalue weighted by Crippen LogP contribution is 2.11. The summed E-state index contributed by atoms with van der Waals surface area (Å²) in [5.41, 5.74) is 0. The minimum Gasteiger partial charge on any atom is -0.458 e. The maximum Gasteiger partial charge on any atom is 0.303 e. The van der Waals surface area contributed by atoms with Crippen molar-refractivity contribution in [3.8, 4) is 0 Å². The van der Waals surface area contributed by atoms with Gasteiger partial charge in [-0.3, -0.25) is 9.59 Å². The monoisotopic (exact) mass is 240 g/mol. The van der Waals surface area contributed by atoms with Gasteiger partial charge in [-0.2, -0.15) is 0 Å². The molecule has 0 aliphatic rings. The minimum atomic E-state index is -0.324. The molecular formula is C13H20O4. The van der Waals surface area contributed by atoms with Crippen LogP contribution in [0.1, 0.15) is 33.1 Å². The lowest BCUT2D eigenvalue weighted by Crippen LogP contribution is -2.16. The largest absolute Gasteiger partial charge is 0.458 e. The Morgan fingerprint density at radius 2 is 1.35 bits per heavy atom. The number of carbonyl (C=O) groups is 2. The number of hydrogen-bond donors (Lipinski definition) is 0. The number of rotatable bonds is 8. The first kappa shape index (κ1) is 15.4. The van der Waals surface area contributed by atoms with Gasteiger partial charge in [0.2, 0.25) is 0 Å². The molecule has 4 heteroatoms. The van der Waals surface area contributed by atoms with E-state index in [0.717, 1.165) is 6.42 Å². The summed E-state index contributed by atoms with van der Waals surface area (Å²) in [6.45, 7) is 9.92. The molecule has 0 aromatic heterocycles. The van der Waals surface area contributed by atoms with Gasteiger partial charge in [0.15, 0.2) is 0 Å². The molecule has 0 aliphatic carbocycles.